The monoisotopic (exact) mass is 238 g/mol. The molecule has 2 rings (SSSR count). The predicted octanol–water partition coefficient (Wildman–Crippen LogP) is 2.69. The van der Waals surface area contributed by atoms with Gasteiger partial charge in [0.15, 0.2) is 0 Å². The van der Waals surface area contributed by atoms with Crippen molar-refractivity contribution in [3.05, 3.63) is 36.0 Å². The Balaban J connectivity index is 2.19. The maximum absolute atomic E-state index is 3.41. The Kier molecular flexibility index (Phi) is 2.54. The zero-order valence-corrected chi connectivity index (χ0v) is 8.79. The summed E-state index contributed by atoms with van der Waals surface area (Å²) in [6.45, 7) is 0.963. The molecular formula is C10H11BrN2. The lowest BCUT2D eigenvalue weighted by atomic mass is 10.1. The Labute approximate surface area is 86.3 Å². The first-order valence-electron chi connectivity index (χ1n) is 4.26. The molecular weight excluding hydrogens is 228 g/mol. The molecule has 13 heavy (non-hydrogen) atoms. The second kappa shape index (κ2) is 3.83. The summed E-state index contributed by atoms with van der Waals surface area (Å²) in [4.78, 5) is 0. The summed E-state index contributed by atoms with van der Waals surface area (Å²) in [5.41, 5.74) is 5.73. The van der Waals surface area contributed by atoms with Gasteiger partial charge in [-0.25, -0.2) is 0 Å². The van der Waals surface area contributed by atoms with E-state index in [2.05, 4.69) is 50.8 Å². The molecule has 0 aromatic heterocycles. The fourth-order valence-electron chi connectivity index (χ4n) is 1.33. The highest BCUT2D eigenvalue weighted by Gasteiger charge is 2.06. The number of hydrogen-bond donors (Lipinski definition) is 1. The van der Waals surface area contributed by atoms with Crippen LogP contribution in [0, 0.1) is 0 Å². The molecule has 1 aliphatic rings. The fourth-order valence-corrected chi connectivity index (χ4v) is 1.71. The van der Waals surface area contributed by atoms with Gasteiger partial charge in [0.05, 0.1) is 5.69 Å². The highest BCUT2D eigenvalue weighted by molar-refractivity contribution is 9.09. The topological polar surface area (TPSA) is 15.3 Å². The van der Waals surface area contributed by atoms with Crippen molar-refractivity contribution in [3.63, 3.8) is 0 Å². The van der Waals surface area contributed by atoms with Crippen molar-refractivity contribution in [3.8, 4) is 0 Å². The maximum Gasteiger partial charge on any atom is 0.0614 e. The molecule has 3 heteroatoms. The predicted molar refractivity (Wildman–Crippen MR) is 59.6 cm³/mol. The smallest absolute Gasteiger partial charge is 0.0614 e. The van der Waals surface area contributed by atoms with Crippen molar-refractivity contribution >= 4 is 27.7 Å². The molecule has 0 amide bonds. The van der Waals surface area contributed by atoms with Gasteiger partial charge in [0, 0.05) is 23.6 Å². The molecule has 1 aromatic rings. The second-order valence-electron chi connectivity index (χ2n) is 2.90. The summed E-state index contributed by atoms with van der Waals surface area (Å²) in [5, 5.41) is 3.03. The van der Waals surface area contributed by atoms with Crippen molar-refractivity contribution in [2.24, 2.45) is 0 Å². The normalized spacial score (nSPS) is 13.8. The summed E-state index contributed by atoms with van der Waals surface area (Å²) < 4.78 is 0. The van der Waals surface area contributed by atoms with Gasteiger partial charge in [0.2, 0.25) is 0 Å². The number of fused-ring (bicyclic) bond motifs is 1. The molecule has 2 nitrogen and oxygen atoms in total. The first-order valence-corrected chi connectivity index (χ1v) is 5.39. The number of rotatable bonds is 2. The van der Waals surface area contributed by atoms with Gasteiger partial charge in [-0.2, -0.15) is 0 Å². The van der Waals surface area contributed by atoms with E-state index in [4.69, 9.17) is 0 Å². The number of nitrogens with zero attached hydrogens (tertiary/aromatic N) is 1. The van der Waals surface area contributed by atoms with Gasteiger partial charge in [-0.1, -0.05) is 34.1 Å². The van der Waals surface area contributed by atoms with Crippen LogP contribution in [0.5, 0.6) is 0 Å². The first-order chi connectivity index (χ1) is 6.40. The van der Waals surface area contributed by atoms with Crippen LogP contribution in [0.25, 0.3) is 6.08 Å². The molecule has 0 spiro atoms. The van der Waals surface area contributed by atoms with E-state index in [0.29, 0.717) is 0 Å². The molecule has 1 aliphatic heterocycles. The van der Waals surface area contributed by atoms with Crippen molar-refractivity contribution in [1.82, 2.24) is 5.01 Å². The van der Waals surface area contributed by atoms with E-state index in [-0.39, 0.29) is 0 Å². The number of halogens is 1. The minimum absolute atomic E-state index is 0.963. The molecule has 1 aromatic carbocycles. The third kappa shape index (κ3) is 1.86. The summed E-state index contributed by atoms with van der Waals surface area (Å²) in [6, 6.07) is 8.27. The minimum atomic E-state index is 0.963. The van der Waals surface area contributed by atoms with E-state index < -0.39 is 0 Å². The number of anilines is 1. The molecule has 0 unspecified atom stereocenters. The Morgan fingerprint density at radius 3 is 3.00 bits per heavy atom. The highest BCUT2D eigenvalue weighted by Crippen LogP contribution is 2.21. The molecule has 68 valence electrons. The Morgan fingerprint density at radius 1 is 1.31 bits per heavy atom. The van der Waals surface area contributed by atoms with Crippen molar-refractivity contribution < 1.29 is 0 Å². The van der Waals surface area contributed by atoms with E-state index in [1.165, 1.54) is 11.3 Å². The van der Waals surface area contributed by atoms with Gasteiger partial charge in [0.25, 0.3) is 0 Å². The van der Waals surface area contributed by atoms with Crippen molar-refractivity contribution in [2.75, 3.05) is 17.3 Å². The minimum Gasteiger partial charge on any atom is -0.298 e. The van der Waals surface area contributed by atoms with E-state index in [9.17, 15) is 0 Å². The Bertz CT molecular complexity index is 322. The number of alkyl halides is 1. The summed E-state index contributed by atoms with van der Waals surface area (Å²) in [7, 11) is 0. The van der Waals surface area contributed by atoms with Crippen LogP contribution in [-0.2, 0) is 0 Å². The van der Waals surface area contributed by atoms with Crippen molar-refractivity contribution in [1.29, 1.82) is 0 Å². The van der Waals surface area contributed by atoms with Crippen LogP contribution >= 0.6 is 15.9 Å². The molecule has 1 heterocycles. The number of hydrogen-bond acceptors (Lipinski definition) is 2. The molecule has 0 saturated heterocycles. The molecule has 0 aliphatic carbocycles. The quantitative estimate of drug-likeness (QED) is 0.798. The summed E-state index contributed by atoms with van der Waals surface area (Å²) >= 11 is 3.41. The van der Waals surface area contributed by atoms with Crippen LogP contribution in [0.1, 0.15) is 5.56 Å². The average Bonchev–Trinajstić information content (AvgIpc) is 2.18. The van der Waals surface area contributed by atoms with Crippen LogP contribution in [0.15, 0.2) is 30.5 Å². The van der Waals surface area contributed by atoms with Crippen LogP contribution in [0.3, 0.4) is 0 Å². The van der Waals surface area contributed by atoms with E-state index in [0.717, 1.165) is 11.9 Å². The number of para-hydroxylation sites is 1. The lowest BCUT2D eigenvalue weighted by Gasteiger charge is -2.26. The third-order valence-corrected chi connectivity index (χ3v) is 2.34. The molecule has 0 fully saturated rings. The molecule has 1 N–H and O–H groups in total. The van der Waals surface area contributed by atoms with Gasteiger partial charge < -0.3 is 0 Å². The molecule has 0 saturated carbocycles. The summed E-state index contributed by atoms with van der Waals surface area (Å²) in [6.07, 6.45) is 4.18. The van der Waals surface area contributed by atoms with Gasteiger partial charge >= 0.3 is 0 Å². The van der Waals surface area contributed by atoms with Crippen LogP contribution in [0.4, 0.5) is 5.69 Å². The lowest BCUT2D eigenvalue weighted by molar-refractivity contribution is 0.480. The number of nitrogens with one attached hydrogen (secondary N) is 1. The molecule has 0 bridgehead atoms. The number of hydrazine groups is 1. The van der Waals surface area contributed by atoms with Crippen LogP contribution < -0.4 is 5.43 Å². The Morgan fingerprint density at radius 2 is 2.15 bits per heavy atom. The SMILES string of the molecule is BrCCN1C=Cc2ccccc2N1. The standard InChI is InChI=1S/C10H11BrN2/c11-6-8-13-7-5-9-3-1-2-4-10(9)12-13/h1-5,7,12H,6,8H2. The third-order valence-electron chi connectivity index (χ3n) is 1.98. The lowest BCUT2D eigenvalue weighted by Crippen LogP contribution is -2.28. The van der Waals surface area contributed by atoms with Crippen LogP contribution in [-0.4, -0.2) is 16.9 Å². The second-order valence-corrected chi connectivity index (χ2v) is 3.69. The zero-order valence-electron chi connectivity index (χ0n) is 7.20. The average molecular weight is 239 g/mol. The van der Waals surface area contributed by atoms with Gasteiger partial charge in [-0.05, 0) is 12.1 Å². The maximum atomic E-state index is 3.41. The Hall–Kier alpha value is -0.960. The van der Waals surface area contributed by atoms with Gasteiger partial charge in [-0.15, -0.1) is 0 Å². The summed E-state index contributed by atoms with van der Waals surface area (Å²) in [5.74, 6) is 0. The first kappa shape index (κ1) is 8.63. The molecule has 0 radical (unpaired) electrons. The highest BCUT2D eigenvalue weighted by atomic mass is 79.9. The van der Waals surface area contributed by atoms with E-state index >= 15 is 0 Å². The zero-order chi connectivity index (χ0) is 9.10. The largest absolute Gasteiger partial charge is 0.298 e. The van der Waals surface area contributed by atoms with Gasteiger partial charge in [0.1, 0.15) is 0 Å². The van der Waals surface area contributed by atoms with E-state index in [1.54, 1.807) is 0 Å². The van der Waals surface area contributed by atoms with Crippen molar-refractivity contribution in [2.45, 2.75) is 0 Å². The van der Waals surface area contributed by atoms with E-state index in [1.807, 2.05) is 12.1 Å². The molecule has 0 atom stereocenters. The van der Waals surface area contributed by atoms with Gasteiger partial charge in [-0.3, -0.25) is 10.4 Å². The number of benzene rings is 1. The fraction of sp³-hybridized carbons (Fsp3) is 0.200. The van der Waals surface area contributed by atoms with Crippen LogP contribution in [0.2, 0.25) is 0 Å².